The van der Waals surface area contributed by atoms with Gasteiger partial charge >= 0.3 is 12.6 Å². The lowest BCUT2D eigenvalue weighted by atomic mass is 10.1. The SMILES string of the molecule is NC(=O)OC(COCC#Cc1nc(Cl)cc2cnn(C(F)F)c12)c1ccccc1. The van der Waals surface area contributed by atoms with E-state index in [0.29, 0.717) is 15.6 Å². The molecule has 150 valence electrons. The number of ether oxygens (including phenoxy) is 2. The van der Waals surface area contributed by atoms with Gasteiger partial charge in [0.15, 0.2) is 6.10 Å². The molecule has 0 aliphatic heterocycles. The first kappa shape index (κ1) is 20.5. The molecule has 0 spiro atoms. The Kier molecular flexibility index (Phi) is 6.59. The lowest BCUT2D eigenvalue weighted by molar-refractivity contribution is 0.0335. The summed E-state index contributed by atoms with van der Waals surface area (Å²) in [5.74, 6) is 5.35. The number of benzene rings is 1. The van der Waals surface area contributed by atoms with Gasteiger partial charge in [0.25, 0.3) is 0 Å². The minimum atomic E-state index is -2.84. The van der Waals surface area contributed by atoms with E-state index < -0.39 is 18.7 Å². The molecule has 1 atom stereocenters. The molecular weight excluding hydrogens is 406 g/mol. The van der Waals surface area contributed by atoms with Crippen LogP contribution < -0.4 is 5.73 Å². The van der Waals surface area contributed by atoms with E-state index in [-0.39, 0.29) is 29.6 Å². The zero-order chi connectivity index (χ0) is 20.8. The first-order valence-corrected chi connectivity index (χ1v) is 8.73. The molecule has 3 aromatic rings. The lowest BCUT2D eigenvalue weighted by Crippen LogP contribution is -2.21. The smallest absolute Gasteiger partial charge is 0.405 e. The number of nitrogens with zero attached hydrogens (tertiary/aromatic N) is 3. The Labute approximate surface area is 169 Å². The molecule has 0 fully saturated rings. The average Bonchev–Trinajstić information content (AvgIpc) is 3.11. The van der Waals surface area contributed by atoms with Crippen molar-refractivity contribution in [1.82, 2.24) is 14.8 Å². The minimum absolute atomic E-state index is 0.00891. The van der Waals surface area contributed by atoms with Crippen LogP contribution in [-0.2, 0) is 9.47 Å². The summed E-state index contributed by atoms with van der Waals surface area (Å²) in [5, 5.41) is 4.14. The van der Waals surface area contributed by atoms with Gasteiger partial charge in [-0.25, -0.2) is 14.5 Å². The molecule has 1 amide bonds. The Hall–Kier alpha value is -3.22. The van der Waals surface area contributed by atoms with Gasteiger partial charge < -0.3 is 15.2 Å². The first-order valence-electron chi connectivity index (χ1n) is 8.35. The zero-order valence-electron chi connectivity index (χ0n) is 14.9. The van der Waals surface area contributed by atoms with Crippen molar-refractivity contribution >= 4 is 28.6 Å². The fourth-order valence-corrected chi connectivity index (χ4v) is 2.83. The quantitative estimate of drug-likeness (QED) is 0.373. The van der Waals surface area contributed by atoms with E-state index in [1.54, 1.807) is 24.3 Å². The lowest BCUT2D eigenvalue weighted by Gasteiger charge is -2.16. The molecule has 0 aliphatic rings. The number of rotatable bonds is 6. The van der Waals surface area contributed by atoms with Gasteiger partial charge in [-0.2, -0.15) is 13.9 Å². The van der Waals surface area contributed by atoms with Crippen molar-refractivity contribution in [2.75, 3.05) is 13.2 Å². The number of primary amides is 1. The van der Waals surface area contributed by atoms with E-state index in [1.165, 1.54) is 12.3 Å². The second kappa shape index (κ2) is 9.32. The highest BCUT2D eigenvalue weighted by molar-refractivity contribution is 6.30. The fraction of sp³-hybridized carbons (Fsp3) is 0.211. The zero-order valence-corrected chi connectivity index (χ0v) is 15.6. The third-order valence-electron chi connectivity index (χ3n) is 3.81. The molecule has 0 bridgehead atoms. The number of hydrogen-bond acceptors (Lipinski definition) is 5. The van der Waals surface area contributed by atoms with Crippen LogP contribution >= 0.6 is 11.6 Å². The Bertz CT molecular complexity index is 1060. The van der Waals surface area contributed by atoms with Crippen LogP contribution in [0, 0.1) is 11.8 Å². The number of carbonyl (C=O) groups is 1. The van der Waals surface area contributed by atoms with Crippen LogP contribution in [0.2, 0.25) is 5.15 Å². The summed E-state index contributed by atoms with van der Waals surface area (Å²) in [4.78, 5) is 15.1. The summed E-state index contributed by atoms with van der Waals surface area (Å²) in [7, 11) is 0. The van der Waals surface area contributed by atoms with E-state index in [2.05, 4.69) is 21.9 Å². The monoisotopic (exact) mass is 420 g/mol. The van der Waals surface area contributed by atoms with Crippen LogP contribution in [0.15, 0.2) is 42.6 Å². The van der Waals surface area contributed by atoms with Crippen molar-refractivity contribution in [2.45, 2.75) is 12.7 Å². The Morgan fingerprint density at radius 1 is 1.31 bits per heavy atom. The molecule has 10 heteroatoms. The number of halogens is 3. The molecule has 2 N–H and O–H groups in total. The first-order chi connectivity index (χ1) is 14.0. The molecular formula is C19H15ClF2N4O3. The average molecular weight is 421 g/mol. The normalized spacial score (nSPS) is 11.9. The van der Waals surface area contributed by atoms with E-state index >= 15 is 0 Å². The second-order valence-corrected chi connectivity index (χ2v) is 6.14. The van der Waals surface area contributed by atoms with Gasteiger partial charge in [-0.15, -0.1) is 0 Å². The largest absolute Gasteiger partial charge is 0.439 e. The van der Waals surface area contributed by atoms with E-state index in [9.17, 15) is 13.6 Å². The van der Waals surface area contributed by atoms with Crippen molar-refractivity contribution in [2.24, 2.45) is 5.73 Å². The van der Waals surface area contributed by atoms with Crippen molar-refractivity contribution < 1.29 is 23.0 Å². The molecule has 3 rings (SSSR count). The highest BCUT2D eigenvalue weighted by atomic mass is 35.5. The number of amides is 1. The Morgan fingerprint density at radius 2 is 2.07 bits per heavy atom. The van der Waals surface area contributed by atoms with Gasteiger partial charge in [0, 0.05) is 5.39 Å². The van der Waals surface area contributed by atoms with Gasteiger partial charge in [0.05, 0.1) is 12.8 Å². The van der Waals surface area contributed by atoms with Crippen LogP contribution in [-0.4, -0.2) is 34.1 Å². The highest BCUT2D eigenvalue weighted by Crippen LogP contribution is 2.24. The number of hydrogen-bond donors (Lipinski definition) is 1. The minimum Gasteiger partial charge on any atom is -0.439 e. The Balaban J connectivity index is 1.71. The van der Waals surface area contributed by atoms with Crippen molar-refractivity contribution in [1.29, 1.82) is 0 Å². The van der Waals surface area contributed by atoms with Gasteiger partial charge in [-0.05, 0) is 17.6 Å². The highest BCUT2D eigenvalue weighted by Gasteiger charge is 2.16. The molecule has 2 aromatic heterocycles. The molecule has 0 radical (unpaired) electrons. The molecule has 1 unspecified atom stereocenters. The van der Waals surface area contributed by atoms with Crippen molar-refractivity contribution in [3.8, 4) is 11.8 Å². The van der Waals surface area contributed by atoms with Gasteiger partial charge in [0.2, 0.25) is 0 Å². The Morgan fingerprint density at radius 3 is 2.76 bits per heavy atom. The van der Waals surface area contributed by atoms with E-state index in [4.69, 9.17) is 26.8 Å². The number of pyridine rings is 1. The van der Waals surface area contributed by atoms with Crippen LogP contribution in [0.3, 0.4) is 0 Å². The summed E-state index contributed by atoms with van der Waals surface area (Å²) in [5.41, 5.74) is 5.94. The number of alkyl halides is 2. The van der Waals surface area contributed by atoms with Crippen LogP contribution in [0.1, 0.15) is 23.9 Å². The van der Waals surface area contributed by atoms with Gasteiger partial charge in [0.1, 0.15) is 23.0 Å². The van der Waals surface area contributed by atoms with Gasteiger partial charge in [-0.3, -0.25) is 0 Å². The molecule has 2 heterocycles. The maximum absolute atomic E-state index is 13.1. The number of carbonyl (C=O) groups excluding carboxylic acids is 1. The van der Waals surface area contributed by atoms with E-state index in [0.717, 1.165) is 0 Å². The predicted molar refractivity (Wildman–Crippen MR) is 101 cm³/mol. The molecule has 29 heavy (non-hydrogen) atoms. The maximum Gasteiger partial charge on any atom is 0.405 e. The van der Waals surface area contributed by atoms with Crippen LogP contribution in [0.5, 0.6) is 0 Å². The topological polar surface area (TPSA) is 92.3 Å². The van der Waals surface area contributed by atoms with Crippen LogP contribution in [0.4, 0.5) is 13.6 Å². The summed E-state index contributed by atoms with van der Waals surface area (Å²) < 4.78 is 37.3. The molecule has 7 nitrogen and oxygen atoms in total. The molecule has 0 saturated heterocycles. The third kappa shape index (κ3) is 5.19. The summed E-state index contributed by atoms with van der Waals surface area (Å²) in [6.07, 6.45) is -0.367. The van der Waals surface area contributed by atoms with Crippen LogP contribution in [0.25, 0.3) is 10.9 Å². The second-order valence-electron chi connectivity index (χ2n) is 5.75. The molecule has 0 aliphatic carbocycles. The number of fused-ring (bicyclic) bond motifs is 1. The molecule has 1 aromatic carbocycles. The number of aromatic nitrogens is 3. The standard InChI is InChI=1S/C19H15ClF2N4O3/c20-16-9-13-10-24-26(18(21)22)17(13)14(25-16)7-4-8-28-11-15(29-19(23)27)12-5-2-1-3-6-12/h1-3,5-6,9-10,15,18H,8,11H2,(H2,23,27). The fourth-order valence-electron chi connectivity index (χ4n) is 2.62. The summed E-state index contributed by atoms with van der Waals surface area (Å²) >= 11 is 5.92. The third-order valence-corrected chi connectivity index (χ3v) is 4.00. The summed E-state index contributed by atoms with van der Waals surface area (Å²) in [6.45, 7) is -2.90. The predicted octanol–water partition coefficient (Wildman–Crippen LogP) is 3.68. The van der Waals surface area contributed by atoms with Gasteiger partial charge in [-0.1, -0.05) is 47.9 Å². The summed E-state index contributed by atoms with van der Waals surface area (Å²) in [6, 6.07) is 10.3. The number of nitrogens with two attached hydrogens (primary N) is 1. The molecule has 0 saturated carbocycles. The van der Waals surface area contributed by atoms with E-state index in [1.807, 2.05) is 6.07 Å². The van der Waals surface area contributed by atoms with Crippen molar-refractivity contribution in [3.05, 3.63) is 59.0 Å². The van der Waals surface area contributed by atoms with Crippen molar-refractivity contribution in [3.63, 3.8) is 0 Å². The maximum atomic E-state index is 13.1.